The fourth-order valence-electron chi connectivity index (χ4n) is 1.86. The lowest BCUT2D eigenvalue weighted by Crippen LogP contribution is -2.08. The second-order valence-corrected chi connectivity index (χ2v) is 4.83. The monoisotopic (exact) mass is 293 g/mol. The van der Waals surface area contributed by atoms with Gasteiger partial charge in [0.25, 0.3) is 0 Å². The van der Waals surface area contributed by atoms with E-state index in [1.54, 1.807) is 18.2 Å². The fraction of sp³-hybridized carbons (Fsp3) is 0.133. The van der Waals surface area contributed by atoms with Gasteiger partial charge < -0.3 is 10.4 Å². The molecule has 2 N–H and O–H groups in total. The van der Waals surface area contributed by atoms with Crippen LogP contribution in [0.3, 0.4) is 0 Å². The highest BCUT2D eigenvalue weighted by Gasteiger charge is 2.09. The maximum Gasteiger partial charge on any atom is 0.335 e. The number of anilines is 1. The van der Waals surface area contributed by atoms with E-state index in [2.05, 4.69) is 5.32 Å². The molecule has 2 aromatic carbocycles. The van der Waals surface area contributed by atoms with Gasteiger partial charge >= 0.3 is 5.97 Å². The standard InChI is InChI=1S/C15H13ClFNO2/c1-9(10-5-6-13(16)14(17)8-10)18-12-4-2-3-11(7-12)15(19)20/h2-9,18H,1H3,(H,19,20). The van der Waals surface area contributed by atoms with Crippen LogP contribution in [-0.2, 0) is 0 Å². The van der Waals surface area contributed by atoms with Gasteiger partial charge in [0.2, 0.25) is 0 Å². The Morgan fingerprint density at radius 3 is 2.70 bits per heavy atom. The van der Waals surface area contributed by atoms with E-state index in [0.717, 1.165) is 5.56 Å². The zero-order chi connectivity index (χ0) is 14.7. The van der Waals surface area contributed by atoms with Gasteiger partial charge in [-0.1, -0.05) is 23.7 Å². The molecule has 0 heterocycles. The molecule has 1 atom stereocenters. The maximum atomic E-state index is 13.4. The van der Waals surface area contributed by atoms with Crippen molar-refractivity contribution in [3.63, 3.8) is 0 Å². The van der Waals surface area contributed by atoms with Gasteiger partial charge in [-0.05, 0) is 42.8 Å². The van der Waals surface area contributed by atoms with Crippen LogP contribution in [0, 0.1) is 5.82 Å². The first-order chi connectivity index (χ1) is 9.47. The summed E-state index contributed by atoms with van der Waals surface area (Å²) in [5, 5.41) is 12.1. The average Bonchev–Trinajstić information content (AvgIpc) is 2.42. The Balaban J connectivity index is 2.18. The highest BCUT2D eigenvalue weighted by Crippen LogP contribution is 2.23. The molecule has 2 aromatic rings. The van der Waals surface area contributed by atoms with Gasteiger partial charge in [0.15, 0.2) is 0 Å². The lowest BCUT2D eigenvalue weighted by Gasteiger charge is -2.16. The van der Waals surface area contributed by atoms with Gasteiger partial charge in [-0.3, -0.25) is 0 Å². The van der Waals surface area contributed by atoms with E-state index < -0.39 is 11.8 Å². The Kier molecular flexibility index (Phi) is 4.25. The summed E-state index contributed by atoms with van der Waals surface area (Å²) in [6.07, 6.45) is 0. The van der Waals surface area contributed by atoms with E-state index >= 15 is 0 Å². The van der Waals surface area contributed by atoms with Crippen LogP contribution in [0.5, 0.6) is 0 Å². The van der Waals surface area contributed by atoms with Crippen LogP contribution < -0.4 is 5.32 Å². The van der Waals surface area contributed by atoms with Gasteiger partial charge in [-0.15, -0.1) is 0 Å². The molecule has 0 aliphatic rings. The minimum absolute atomic E-state index is 0.0776. The summed E-state index contributed by atoms with van der Waals surface area (Å²) in [4.78, 5) is 10.9. The van der Waals surface area contributed by atoms with Gasteiger partial charge in [-0.2, -0.15) is 0 Å². The fourth-order valence-corrected chi connectivity index (χ4v) is 1.97. The number of aromatic carboxylic acids is 1. The van der Waals surface area contributed by atoms with Gasteiger partial charge in [0.05, 0.1) is 10.6 Å². The third kappa shape index (κ3) is 3.27. The van der Waals surface area contributed by atoms with Crippen molar-refractivity contribution >= 4 is 23.3 Å². The first kappa shape index (κ1) is 14.3. The quantitative estimate of drug-likeness (QED) is 0.881. The lowest BCUT2D eigenvalue weighted by atomic mass is 10.1. The molecule has 0 saturated heterocycles. The molecule has 0 fully saturated rings. The number of halogens is 2. The first-order valence-corrected chi connectivity index (χ1v) is 6.40. The molecule has 5 heteroatoms. The van der Waals surface area contributed by atoms with Crippen molar-refractivity contribution in [2.24, 2.45) is 0 Å². The Morgan fingerprint density at radius 2 is 2.05 bits per heavy atom. The van der Waals surface area contributed by atoms with E-state index in [1.807, 2.05) is 6.92 Å². The molecule has 2 rings (SSSR count). The molecule has 0 bridgehead atoms. The topological polar surface area (TPSA) is 49.3 Å². The van der Waals surface area contributed by atoms with E-state index in [-0.39, 0.29) is 16.6 Å². The first-order valence-electron chi connectivity index (χ1n) is 6.02. The smallest absolute Gasteiger partial charge is 0.335 e. The van der Waals surface area contributed by atoms with Crippen LogP contribution in [0.2, 0.25) is 5.02 Å². The molecular weight excluding hydrogens is 281 g/mol. The molecular formula is C15H13ClFNO2. The Hall–Kier alpha value is -2.07. The van der Waals surface area contributed by atoms with Crippen LogP contribution >= 0.6 is 11.6 Å². The second kappa shape index (κ2) is 5.92. The van der Waals surface area contributed by atoms with Crippen LogP contribution in [0.25, 0.3) is 0 Å². The minimum atomic E-state index is -0.987. The molecule has 1 unspecified atom stereocenters. The highest BCUT2D eigenvalue weighted by molar-refractivity contribution is 6.30. The van der Waals surface area contributed by atoms with Crippen molar-refractivity contribution in [1.29, 1.82) is 0 Å². The largest absolute Gasteiger partial charge is 0.478 e. The number of benzene rings is 2. The SMILES string of the molecule is CC(Nc1cccc(C(=O)O)c1)c1ccc(Cl)c(F)c1. The minimum Gasteiger partial charge on any atom is -0.478 e. The Morgan fingerprint density at radius 1 is 1.30 bits per heavy atom. The molecule has 0 aromatic heterocycles. The number of hydrogen-bond acceptors (Lipinski definition) is 2. The number of hydrogen-bond donors (Lipinski definition) is 2. The summed E-state index contributed by atoms with van der Waals surface area (Å²) in [7, 11) is 0. The number of rotatable bonds is 4. The summed E-state index contributed by atoms with van der Waals surface area (Å²) >= 11 is 5.64. The van der Waals surface area contributed by atoms with E-state index in [9.17, 15) is 9.18 Å². The van der Waals surface area contributed by atoms with Crippen molar-refractivity contribution in [1.82, 2.24) is 0 Å². The molecule has 0 radical (unpaired) electrons. The molecule has 0 aliphatic carbocycles. The normalized spacial score (nSPS) is 11.9. The predicted octanol–water partition coefficient (Wildman–Crippen LogP) is 4.35. The van der Waals surface area contributed by atoms with Crippen molar-refractivity contribution in [2.45, 2.75) is 13.0 Å². The van der Waals surface area contributed by atoms with Gasteiger partial charge in [0, 0.05) is 11.7 Å². The van der Waals surface area contributed by atoms with E-state index in [1.165, 1.54) is 24.3 Å². The average molecular weight is 294 g/mol. The second-order valence-electron chi connectivity index (χ2n) is 4.43. The zero-order valence-corrected chi connectivity index (χ0v) is 11.5. The highest BCUT2D eigenvalue weighted by atomic mass is 35.5. The maximum absolute atomic E-state index is 13.4. The molecule has 0 amide bonds. The predicted molar refractivity (Wildman–Crippen MR) is 76.8 cm³/mol. The summed E-state index contributed by atoms with van der Waals surface area (Å²) in [5.41, 5.74) is 1.59. The van der Waals surface area contributed by atoms with E-state index in [4.69, 9.17) is 16.7 Å². The third-order valence-corrected chi connectivity index (χ3v) is 3.24. The van der Waals surface area contributed by atoms with Gasteiger partial charge in [0.1, 0.15) is 5.82 Å². The Labute approximate surface area is 121 Å². The van der Waals surface area contributed by atoms with Crippen molar-refractivity contribution in [3.05, 3.63) is 64.4 Å². The molecule has 0 spiro atoms. The molecule has 20 heavy (non-hydrogen) atoms. The number of carboxylic acids is 1. The summed E-state index contributed by atoms with van der Waals surface area (Å²) in [5.74, 6) is -1.46. The van der Waals surface area contributed by atoms with Gasteiger partial charge in [-0.25, -0.2) is 9.18 Å². The van der Waals surface area contributed by atoms with Crippen LogP contribution in [0.15, 0.2) is 42.5 Å². The van der Waals surface area contributed by atoms with E-state index in [0.29, 0.717) is 5.69 Å². The number of nitrogens with one attached hydrogen (secondary N) is 1. The number of carbonyl (C=O) groups is 1. The van der Waals surface area contributed by atoms with Crippen LogP contribution in [-0.4, -0.2) is 11.1 Å². The molecule has 104 valence electrons. The summed E-state index contributed by atoms with van der Waals surface area (Å²) in [6, 6.07) is 10.9. The van der Waals surface area contributed by atoms with Crippen LogP contribution in [0.4, 0.5) is 10.1 Å². The lowest BCUT2D eigenvalue weighted by molar-refractivity contribution is 0.0697. The summed E-state index contributed by atoms with van der Waals surface area (Å²) in [6.45, 7) is 1.86. The third-order valence-electron chi connectivity index (χ3n) is 2.94. The Bertz CT molecular complexity index is 646. The zero-order valence-electron chi connectivity index (χ0n) is 10.7. The van der Waals surface area contributed by atoms with Crippen LogP contribution in [0.1, 0.15) is 28.9 Å². The molecule has 0 saturated carbocycles. The van der Waals surface area contributed by atoms with Crippen molar-refractivity contribution in [2.75, 3.05) is 5.32 Å². The summed E-state index contributed by atoms with van der Waals surface area (Å²) < 4.78 is 13.4. The van der Waals surface area contributed by atoms with Crippen molar-refractivity contribution in [3.8, 4) is 0 Å². The molecule has 0 aliphatic heterocycles. The van der Waals surface area contributed by atoms with Crippen molar-refractivity contribution < 1.29 is 14.3 Å². The molecule has 3 nitrogen and oxygen atoms in total. The number of carboxylic acid groups (broad SMARTS) is 1.